The van der Waals surface area contributed by atoms with E-state index < -0.39 is 0 Å². The van der Waals surface area contributed by atoms with E-state index in [0.29, 0.717) is 12.1 Å². The van der Waals surface area contributed by atoms with E-state index in [1.165, 1.54) is 0 Å². The number of aromatic nitrogens is 3. The highest BCUT2D eigenvalue weighted by Gasteiger charge is 2.29. The summed E-state index contributed by atoms with van der Waals surface area (Å²) >= 11 is 0. The number of H-pyrrole nitrogens is 1. The monoisotopic (exact) mass is 313 g/mol. The second-order valence-electron chi connectivity index (χ2n) is 6.87. The summed E-state index contributed by atoms with van der Waals surface area (Å²) in [6.07, 6.45) is 8.78. The van der Waals surface area contributed by atoms with E-state index in [2.05, 4.69) is 32.5 Å². The molecule has 1 saturated heterocycles. The topological polar surface area (TPSA) is 82.7 Å². The Morgan fingerprint density at radius 1 is 1.26 bits per heavy atom. The molecule has 3 heterocycles. The number of piperidine rings is 1. The van der Waals surface area contributed by atoms with Crippen LogP contribution in [-0.2, 0) is 0 Å². The fourth-order valence-corrected chi connectivity index (χ4v) is 3.47. The summed E-state index contributed by atoms with van der Waals surface area (Å²) in [6.45, 7) is 3.13. The molecule has 2 unspecified atom stereocenters. The lowest BCUT2D eigenvalue weighted by Gasteiger charge is -2.29. The molecule has 1 saturated carbocycles. The van der Waals surface area contributed by atoms with Gasteiger partial charge in [0.2, 0.25) is 0 Å². The van der Waals surface area contributed by atoms with Gasteiger partial charge in [-0.2, -0.15) is 0 Å². The fourth-order valence-electron chi connectivity index (χ4n) is 3.47. The van der Waals surface area contributed by atoms with Crippen molar-refractivity contribution in [2.45, 2.75) is 51.1 Å². The Bertz CT molecular complexity index is 713. The van der Waals surface area contributed by atoms with Crippen molar-refractivity contribution in [3.8, 4) is 0 Å². The number of ketones is 1. The first-order valence-electron chi connectivity index (χ1n) is 8.58. The van der Waals surface area contributed by atoms with Gasteiger partial charge in [0.25, 0.3) is 0 Å². The molecule has 0 radical (unpaired) electrons. The molecule has 122 valence electrons. The zero-order valence-electron chi connectivity index (χ0n) is 13.4. The number of nitrogens with zero attached hydrogens (tertiary/aromatic N) is 2. The lowest BCUT2D eigenvalue weighted by atomic mass is 9.80. The molecule has 0 bridgehead atoms. The summed E-state index contributed by atoms with van der Waals surface area (Å²) in [7, 11) is 0. The van der Waals surface area contributed by atoms with E-state index in [1.54, 1.807) is 12.5 Å². The number of anilines is 1. The van der Waals surface area contributed by atoms with Crippen LogP contribution in [0.3, 0.4) is 0 Å². The standard InChI is InChI=1S/C17H23N5O/c1-10-5-6-12(7-18-10)22-17-14-13(15(23)11-3-2-4-11)8-19-16(14)20-9-21-17/h8-12,18H,2-7H2,1H3,(H2,19,20,21,22). The summed E-state index contributed by atoms with van der Waals surface area (Å²) in [4.78, 5) is 24.5. The molecule has 4 rings (SSSR count). The molecule has 2 aromatic heterocycles. The number of hydrogen-bond acceptors (Lipinski definition) is 5. The van der Waals surface area contributed by atoms with Gasteiger partial charge in [-0.05, 0) is 32.6 Å². The minimum Gasteiger partial charge on any atom is -0.365 e. The first kappa shape index (κ1) is 14.6. The summed E-state index contributed by atoms with van der Waals surface area (Å²) in [6, 6.07) is 0.910. The second kappa shape index (κ2) is 5.92. The number of Topliss-reactive ketones (excluding diaryl/α,β-unsaturated/α-hetero) is 1. The van der Waals surface area contributed by atoms with E-state index in [-0.39, 0.29) is 11.7 Å². The van der Waals surface area contributed by atoms with E-state index in [0.717, 1.165) is 61.1 Å². The molecule has 23 heavy (non-hydrogen) atoms. The van der Waals surface area contributed by atoms with Crippen molar-refractivity contribution >= 4 is 22.6 Å². The first-order chi connectivity index (χ1) is 11.2. The van der Waals surface area contributed by atoms with Crippen molar-refractivity contribution in [2.24, 2.45) is 5.92 Å². The molecular formula is C17H23N5O. The predicted molar refractivity (Wildman–Crippen MR) is 89.7 cm³/mol. The summed E-state index contributed by atoms with van der Waals surface area (Å²) < 4.78 is 0. The Kier molecular flexibility index (Phi) is 3.77. The third-order valence-corrected chi connectivity index (χ3v) is 5.21. The Labute approximate surface area is 135 Å². The third kappa shape index (κ3) is 2.72. The van der Waals surface area contributed by atoms with Gasteiger partial charge in [-0.25, -0.2) is 9.97 Å². The van der Waals surface area contributed by atoms with Crippen molar-refractivity contribution < 1.29 is 4.79 Å². The van der Waals surface area contributed by atoms with Crippen molar-refractivity contribution in [1.29, 1.82) is 0 Å². The lowest BCUT2D eigenvalue weighted by molar-refractivity contribution is 0.0857. The van der Waals surface area contributed by atoms with Crippen LogP contribution in [0.15, 0.2) is 12.5 Å². The Morgan fingerprint density at radius 2 is 2.13 bits per heavy atom. The molecule has 2 atom stereocenters. The largest absolute Gasteiger partial charge is 0.365 e. The zero-order chi connectivity index (χ0) is 15.8. The quantitative estimate of drug-likeness (QED) is 0.755. The number of rotatable bonds is 4. The summed E-state index contributed by atoms with van der Waals surface area (Å²) in [5.41, 5.74) is 1.48. The van der Waals surface area contributed by atoms with Crippen LogP contribution in [0, 0.1) is 5.92 Å². The molecule has 0 aromatic carbocycles. The number of nitrogens with one attached hydrogen (secondary N) is 3. The minimum atomic E-state index is 0.180. The number of carbonyl (C=O) groups excluding carboxylic acids is 1. The van der Waals surface area contributed by atoms with E-state index in [9.17, 15) is 4.79 Å². The van der Waals surface area contributed by atoms with Crippen molar-refractivity contribution in [1.82, 2.24) is 20.3 Å². The molecular weight excluding hydrogens is 290 g/mol. The first-order valence-corrected chi connectivity index (χ1v) is 8.58. The van der Waals surface area contributed by atoms with Crippen LogP contribution in [0.5, 0.6) is 0 Å². The summed E-state index contributed by atoms with van der Waals surface area (Å²) in [5, 5.41) is 7.85. The van der Waals surface area contributed by atoms with Gasteiger partial charge in [0.05, 0.1) is 5.39 Å². The molecule has 6 nitrogen and oxygen atoms in total. The average molecular weight is 313 g/mol. The maximum atomic E-state index is 12.7. The van der Waals surface area contributed by atoms with Gasteiger partial charge in [-0.15, -0.1) is 0 Å². The smallest absolute Gasteiger partial charge is 0.168 e. The van der Waals surface area contributed by atoms with Gasteiger partial charge in [0.1, 0.15) is 17.8 Å². The van der Waals surface area contributed by atoms with Crippen LogP contribution in [0.25, 0.3) is 11.0 Å². The number of hydrogen-bond donors (Lipinski definition) is 3. The lowest BCUT2D eigenvalue weighted by Crippen LogP contribution is -2.43. The van der Waals surface area contributed by atoms with Gasteiger partial charge in [0, 0.05) is 36.3 Å². The number of aromatic amines is 1. The number of carbonyl (C=O) groups is 1. The van der Waals surface area contributed by atoms with Gasteiger partial charge in [-0.3, -0.25) is 4.79 Å². The Morgan fingerprint density at radius 3 is 2.83 bits per heavy atom. The molecule has 0 amide bonds. The van der Waals surface area contributed by atoms with Gasteiger partial charge >= 0.3 is 0 Å². The van der Waals surface area contributed by atoms with Crippen LogP contribution in [0.4, 0.5) is 5.82 Å². The Balaban J connectivity index is 1.63. The van der Waals surface area contributed by atoms with Gasteiger partial charge < -0.3 is 15.6 Å². The molecule has 2 aliphatic rings. The van der Waals surface area contributed by atoms with Crippen LogP contribution >= 0.6 is 0 Å². The number of fused-ring (bicyclic) bond motifs is 1. The van der Waals surface area contributed by atoms with Gasteiger partial charge in [-0.1, -0.05) is 6.42 Å². The van der Waals surface area contributed by atoms with E-state index in [1.807, 2.05) is 0 Å². The third-order valence-electron chi connectivity index (χ3n) is 5.21. The minimum absolute atomic E-state index is 0.180. The van der Waals surface area contributed by atoms with Crippen molar-refractivity contribution in [3.63, 3.8) is 0 Å². The highest BCUT2D eigenvalue weighted by molar-refractivity contribution is 6.11. The van der Waals surface area contributed by atoms with Crippen molar-refractivity contribution in [2.75, 3.05) is 11.9 Å². The Hall–Kier alpha value is -1.95. The average Bonchev–Trinajstić information content (AvgIpc) is 2.93. The van der Waals surface area contributed by atoms with E-state index in [4.69, 9.17) is 0 Å². The highest BCUT2D eigenvalue weighted by atomic mass is 16.1. The SMILES string of the molecule is CC1CCC(Nc2ncnc3[nH]cc(C(=O)C4CCC4)c23)CN1. The molecule has 6 heteroatoms. The molecule has 1 aliphatic carbocycles. The van der Waals surface area contributed by atoms with Crippen LogP contribution in [-0.4, -0.2) is 39.4 Å². The van der Waals surface area contributed by atoms with Crippen LogP contribution < -0.4 is 10.6 Å². The summed E-state index contributed by atoms with van der Waals surface area (Å²) in [5.74, 6) is 1.19. The van der Waals surface area contributed by atoms with E-state index >= 15 is 0 Å². The molecule has 2 aromatic rings. The van der Waals surface area contributed by atoms with Crippen molar-refractivity contribution in [3.05, 3.63) is 18.1 Å². The van der Waals surface area contributed by atoms with Crippen LogP contribution in [0.1, 0.15) is 49.4 Å². The maximum absolute atomic E-state index is 12.7. The second-order valence-corrected chi connectivity index (χ2v) is 6.87. The molecule has 1 aliphatic heterocycles. The highest BCUT2D eigenvalue weighted by Crippen LogP contribution is 2.33. The molecule has 2 fully saturated rings. The molecule has 3 N–H and O–H groups in total. The normalized spacial score (nSPS) is 25.3. The van der Waals surface area contributed by atoms with Crippen LogP contribution in [0.2, 0.25) is 0 Å². The maximum Gasteiger partial charge on any atom is 0.168 e. The molecule has 0 spiro atoms. The zero-order valence-corrected chi connectivity index (χ0v) is 13.4. The van der Waals surface area contributed by atoms with Gasteiger partial charge in [0.15, 0.2) is 5.78 Å². The predicted octanol–water partition coefficient (Wildman–Crippen LogP) is 2.49. The fraction of sp³-hybridized carbons (Fsp3) is 0.588.